The molecule has 0 aliphatic rings. The molecule has 7 heteroatoms. The molecule has 0 heterocycles. The molecule has 0 radical (unpaired) electrons. The number of esters is 1. The fourth-order valence-corrected chi connectivity index (χ4v) is 1.39. The van der Waals surface area contributed by atoms with Gasteiger partial charge in [0.25, 0.3) is 0 Å². The Hall–Kier alpha value is -3.06. The van der Waals surface area contributed by atoms with Crippen molar-refractivity contribution in [3.8, 4) is 11.5 Å². The molecule has 124 valence electrons. The average molecular weight is 322 g/mol. The first-order valence-electron chi connectivity index (χ1n) is 6.28. The number of hydrogen-bond donors (Lipinski definition) is 4. The van der Waals surface area contributed by atoms with E-state index in [1.165, 1.54) is 43.5 Å². The number of ether oxygens (including phenoxy) is 1. The number of phenols is 2. The van der Waals surface area contributed by atoms with Gasteiger partial charge in [-0.25, -0.2) is 9.59 Å². The Morgan fingerprint density at radius 1 is 0.870 bits per heavy atom. The normalized spacial score (nSPS) is 8.65. The Bertz CT molecular complexity index is 638. The van der Waals surface area contributed by atoms with Gasteiger partial charge in [0.2, 0.25) is 0 Å². The highest BCUT2D eigenvalue weighted by molar-refractivity contribution is 5.89. The van der Waals surface area contributed by atoms with Crippen molar-refractivity contribution in [1.29, 1.82) is 0 Å². The molecule has 0 bridgehead atoms. The zero-order chi connectivity index (χ0) is 17.8. The minimum Gasteiger partial charge on any atom is -0.508 e. The summed E-state index contributed by atoms with van der Waals surface area (Å²) in [5.41, 5.74) is 0.451. The number of phenolic OH excluding ortho intramolecular Hbond substituents is 2. The fraction of sp³-hybridized carbons (Fsp3) is 0.125. The molecular weight excluding hydrogens is 304 g/mol. The van der Waals surface area contributed by atoms with Crippen molar-refractivity contribution in [1.82, 2.24) is 0 Å². The highest BCUT2D eigenvalue weighted by Crippen LogP contribution is 2.11. The van der Waals surface area contributed by atoms with Crippen LogP contribution >= 0.6 is 0 Å². The molecule has 0 saturated heterocycles. The van der Waals surface area contributed by atoms with E-state index in [0.29, 0.717) is 5.56 Å². The van der Waals surface area contributed by atoms with Gasteiger partial charge in [-0.3, -0.25) is 0 Å². The molecule has 0 aromatic heterocycles. The molecule has 0 unspecified atom stereocenters. The quantitative estimate of drug-likeness (QED) is 0.622. The maximum atomic E-state index is 10.8. The lowest BCUT2D eigenvalue weighted by molar-refractivity contribution is 0.0599. The standard InChI is InChI=1S/C8H8O3.C7H6O3.CH4O/c1-11-8(10)6-3-2-4-7(9)5-6;8-6-3-1-2-5(4-6)7(9)10;1-2/h2-5,9H,1H3;1-4,8H,(H,9,10);2H,1H3. The van der Waals surface area contributed by atoms with Crippen LogP contribution < -0.4 is 0 Å². The molecule has 0 aliphatic carbocycles. The Morgan fingerprint density at radius 3 is 1.65 bits per heavy atom. The first-order chi connectivity index (χ1) is 10.9. The first kappa shape index (κ1) is 19.9. The van der Waals surface area contributed by atoms with E-state index < -0.39 is 11.9 Å². The molecule has 2 aromatic carbocycles. The summed E-state index contributed by atoms with van der Waals surface area (Å²) in [6.45, 7) is 0. The minimum absolute atomic E-state index is 0.0279. The Kier molecular flexibility index (Phi) is 9.22. The van der Waals surface area contributed by atoms with E-state index in [4.69, 9.17) is 20.4 Å². The summed E-state index contributed by atoms with van der Waals surface area (Å²) < 4.78 is 4.44. The van der Waals surface area contributed by atoms with E-state index in [9.17, 15) is 9.59 Å². The number of carbonyl (C=O) groups excluding carboxylic acids is 1. The van der Waals surface area contributed by atoms with Crippen LogP contribution in [-0.2, 0) is 4.74 Å². The lowest BCUT2D eigenvalue weighted by Crippen LogP contribution is -1.99. The van der Waals surface area contributed by atoms with Gasteiger partial charge >= 0.3 is 11.9 Å². The number of aromatic hydroxyl groups is 2. The number of hydrogen-bond acceptors (Lipinski definition) is 6. The summed E-state index contributed by atoms with van der Waals surface area (Å²) in [6.07, 6.45) is 0. The maximum Gasteiger partial charge on any atom is 0.337 e. The number of aliphatic hydroxyl groups excluding tert-OH is 1. The van der Waals surface area contributed by atoms with Crippen molar-refractivity contribution in [2.45, 2.75) is 0 Å². The number of aliphatic hydroxyl groups is 1. The number of carboxylic acid groups (broad SMARTS) is 1. The van der Waals surface area contributed by atoms with Gasteiger partial charge in [0.05, 0.1) is 18.2 Å². The van der Waals surface area contributed by atoms with Gasteiger partial charge in [-0.05, 0) is 36.4 Å². The SMILES string of the molecule is CO.COC(=O)c1cccc(O)c1.O=C(O)c1cccc(O)c1. The van der Waals surface area contributed by atoms with E-state index in [1.54, 1.807) is 12.1 Å². The minimum atomic E-state index is -1.03. The van der Waals surface area contributed by atoms with Crippen LogP contribution in [0.5, 0.6) is 11.5 Å². The van der Waals surface area contributed by atoms with Crippen molar-refractivity contribution < 1.29 is 34.8 Å². The molecule has 0 fully saturated rings. The smallest absolute Gasteiger partial charge is 0.337 e. The van der Waals surface area contributed by atoms with Crippen LogP contribution in [-0.4, -0.2) is 46.6 Å². The third-order valence-corrected chi connectivity index (χ3v) is 2.36. The van der Waals surface area contributed by atoms with E-state index in [0.717, 1.165) is 7.11 Å². The maximum absolute atomic E-state index is 10.8. The molecular formula is C16H18O7. The zero-order valence-corrected chi connectivity index (χ0v) is 12.6. The van der Waals surface area contributed by atoms with Crippen LogP contribution in [0, 0.1) is 0 Å². The molecule has 2 rings (SSSR count). The van der Waals surface area contributed by atoms with Crippen molar-refractivity contribution in [2.24, 2.45) is 0 Å². The fourth-order valence-electron chi connectivity index (χ4n) is 1.39. The van der Waals surface area contributed by atoms with Gasteiger partial charge in [-0.15, -0.1) is 0 Å². The van der Waals surface area contributed by atoms with Crippen molar-refractivity contribution in [3.05, 3.63) is 59.7 Å². The predicted molar refractivity (Wildman–Crippen MR) is 82.7 cm³/mol. The van der Waals surface area contributed by atoms with E-state index in [2.05, 4.69) is 4.74 Å². The number of carbonyl (C=O) groups is 2. The van der Waals surface area contributed by atoms with Gasteiger partial charge in [-0.1, -0.05) is 12.1 Å². The number of benzene rings is 2. The lowest BCUT2D eigenvalue weighted by Gasteiger charge is -1.97. The second-order valence-electron chi connectivity index (χ2n) is 3.90. The van der Waals surface area contributed by atoms with Crippen LogP contribution in [0.2, 0.25) is 0 Å². The molecule has 0 saturated carbocycles. The van der Waals surface area contributed by atoms with Crippen LogP contribution in [0.15, 0.2) is 48.5 Å². The third-order valence-electron chi connectivity index (χ3n) is 2.36. The highest BCUT2D eigenvalue weighted by atomic mass is 16.5. The monoisotopic (exact) mass is 322 g/mol. The van der Waals surface area contributed by atoms with E-state index in [-0.39, 0.29) is 17.1 Å². The molecule has 0 aliphatic heterocycles. The van der Waals surface area contributed by atoms with Crippen molar-refractivity contribution in [3.63, 3.8) is 0 Å². The van der Waals surface area contributed by atoms with Gasteiger partial charge in [-0.2, -0.15) is 0 Å². The molecule has 0 amide bonds. The van der Waals surface area contributed by atoms with Crippen molar-refractivity contribution in [2.75, 3.05) is 14.2 Å². The highest BCUT2D eigenvalue weighted by Gasteiger charge is 2.03. The summed E-state index contributed by atoms with van der Waals surface area (Å²) in [7, 11) is 2.30. The van der Waals surface area contributed by atoms with E-state index >= 15 is 0 Å². The number of methoxy groups -OCH3 is 1. The predicted octanol–water partition coefficient (Wildman–Crippen LogP) is 1.88. The van der Waals surface area contributed by atoms with Gasteiger partial charge in [0.15, 0.2) is 0 Å². The largest absolute Gasteiger partial charge is 0.508 e. The Morgan fingerprint density at radius 2 is 1.30 bits per heavy atom. The third kappa shape index (κ3) is 7.49. The Balaban J connectivity index is 0.000000381. The molecule has 7 nitrogen and oxygen atoms in total. The summed E-state index contributed by atoms with van der Waals surface area (Å²) in [5.74, 6) is -1.44. The van der Waals surface area contributed by atoms with Crippen LogP contribution in [0.25, 0.3) is 0 Å². The van der Waals surface area contributed by atoms with Gasteiger partial charge in [0.1, 0.15) is 11.5 Å². The van der Waals surface area contributed by atoms with Crippen LogP contribution in [0.3, 0.4) is 0 Å². The second-order valence-corrected chi connectivity index (χ2v) is 3.90. The first-order valence-corrected chi connectivity index (χ1v) is 6.28. The molecule has 0 atom stereocenters. The molecule has 4 N–H and O–H groups in total. The van der Waals surface area contributed by atoms with Crippen LogP contribution in [0.4, 0.5) is 0 Å². The number of carboxylic acids is 1. The number of aromatic carboxylic acids is 1. The second kappa shape index (κ2) is 10.6. The number of rotatable bonds is 2. The lowest BCUT2D eigenvalue weighted by atomic mass is 10.2. The summed E-state index contributed by atoms with van der Waals surface area (Å²) in [5, 5.41) is 33.1. The zero-order valence-electron chi connectivity index (χ0n) is 12.6. The molecule has 0 spiro atoms. The van der Waals surface area contributed by atoms with Crippen LogP contribution in [0.1, 0.15) is 20.7 Å². The van der Waals surface area contributed by atoms with Gasteiger partial charge in [0, 0.05) is 7.11 Å². The molecule has 23 heavy (non-hydrogen) atoms. The summed E-state index contributed by atoms with van der Waals surface area (Å²) >= 11 is 0. The summed E-state index contributed by atoms with van der Waals surface area (Å²) in [6, 6.07) is 11.5. The Labute approximate surface area is 133 Å². The van der Waals surface area contributed by atoms with Crippen molar-refractivity contribution >= 4 is 11.9 Å². The summed E-state index contributed by atoms with van der Waals surface area (Å²) in [4.78, 5) is 21.1. The average Bonchev–Trinajstić information content (AvgIpc) is 2.56. The van der Waals surface area contributed by atoms with E-state index in [1.807, 2.05) is 0 Å². The molecule has 2 aromatic rings. The van der Waals surface area contributed by atoms with Gasteiger partial charge < -0.3 is 25.2 Å². The topological polar surface area (TPSA) is 124 Å².